The van der Waals surface area contributed by atoms with Crippen molar-refractivity contribution in [3.63, 3.8) is 0 Å². The van der Waals surface area contributed by atoms with Crippen LogP contribution in [0.25, 0.3) is 11.1 Å². The zero-order valence-electron chi connectivity index (χ0n) is 13.6. The Morgan fingerprint density at radius 1 is 0.857 bits per heavy atom. The van der Waals surface area contributed by atoms with Gasteiger partial charge in [-0.3, -0.25) is 0 Å². The zero-order valence-corrected chi connectivity index (χ0v) is 13.6. The lowest BCUT2D eigenvalue weighted by Crippen LogP contribution is -2.11. The molecule has 21 heavy (non-hydrogen) atoms. The number of rotatable bonds is 6. The molecule has 2 rings (SSSR count). The molecule has 0 saturated carbocycles. The first-order valence-corrected chi connectivity index (χ1v) is 7.64. The van der Waals surface area contributed by atoms with E-state index in [1.807, 2.05) is 14.1 Å². The highest BCUT2D eigenvalue weighted by atomic mass is 14.8. The monoisotopic (exact) mass is 282 g/mol. The highest BCUT2D eigenvalue weighted by molar-refractivity contribution is 5.72. The Bertz CT molecular complexity index is 603. The summed E-state index contributed by atoms with van der Waals surface area (Å²) < 4.78 is 0. The fourth-order valence-electron chi connectivity index (χ4n) is 2.69. The van der Waals surface area contributed by atoms with E-state index in [0.717, 1.165) is 19.5 Å². The van der Waals surface area contributed by atoms with Crippen LogP contribution < -0.4 is 10.6 Å². The van der Waals surface area contributed by atoms with Crippen LogP contribution in [-0.2, 0) is 13.0 Å². The van der Waals surface area contributed by atoms with Crippen LogP contribution in [0, 0.1) is 13.8 Å². The van der Waals surface area contributed by atoms with Gasteiger partial charge >= 0.3 is 0 Å². The molecule has 2 heteroatoms. The second-order valence-corrected chi connectivity index (χ2v) is 5.69. The van der Waals surface area contributed by atoms with Crippen LogP contribution >= 0.6 is 0 Å². The fourth-order valence-corrected chi connectivity index (χ4v) is 2.69. The number of nitrogens with one attached hydrogen (secondary N) is 2. The number of hydrogen-bond acceptors (Lipinski definition) is 2. The molecule has 0 aromatic heterocycles. The van der Waals surface area contributed by atoms with E-state index in [1.54, 1.807) is 0 Å². The van der Waals surface area contributed by atoms with Gasteiger partial charge in [0.25, 0.3) is 0 Å². The van der Waals surface area contributed by atoms with E-state index >= 15 is 0 Å². The maximum absolute atomic E-state index is 3.25. The predicted molar refractivity (Wildman–Crippen MR) is 91.7 cm³/mol. The molecule has 0 radical (unpaired) electrons. The molecule has 2 aromatic rings. The highest BCUT2D eigenvalue weighted by Gasteiger charge is 2.09. The molecule has 0 aliphatic heterocycles. The van der Waals surface area contributed by atoms with Crippen molar-refractivity contribution in [1.82, 2.24) is 10.6 Å². The molecule has 0 saturated heterocycles. The van der Waals surface area contributed by atoms with Crippen molar-refractivity contribution in [3.8, 4) is 11.1 Å². The maximum atomic E-state index is 3.25. The quantitative estimate of drug-likeness (QED) is 0.848. The second kappa shape index (κ2) is 7.39. The lowest BCUT2D eigenvalue weighted by Gasteiger charge is -2.15. The molecule has 112 valence electrons. The van der Waals surface area contributed by atoms with Gasteiger partial charge in [0, 0.05) is 6.54 Å². The second-order valence-electron chi connectivity index (χ2n) is 5.69. The van der Waals surface area contributed by atoms with E-state index in [4.69, 9.17) is 0 Å². The smallest absolute Gasteiger partial charge is 0.0202 e. The van der Waals surface area contributed by atoms with Gasteiger partial charge in [0.05, 0.1) is 0 Å². The third-order valence-corrected chi connectivity index (χ3v) is 3.88. The van der Waals surface area contributed by atoms with Crippen molar-refractivity contribution in [3.05, 3.63) is 58.7 Å². The standard InChI is InChI=1S/C19H26N2/c1-14-5-8-17(9-10-20-3)19(11-14)18-12-16(13-21-4)7-6-15(18)2/h5-8,11-12,20-21H,9-10,13H2,1-4H3. The summed E-state index contributed by atoms with van der Waals surface area (Å²) in [6.45, 7) is 6.27. The molecule has 2 N–H and O–H groups in total. The third-order valence-electron chi connectivity index (χ3n) is 3.88. The van der Waals surface area contributed by atoms with Crippen LogP contribution in [0.4, 0.5) is 0 Å². The van der Waals surface area contributed by atoms with Crippen molar-refractivity contribution in [2.24, 2.45) is 0 Å². The predicted octanol–water partition coefficient (Wildman–Crippen LogP) is 3.45. The van der Waals surface area contributed by atoms with Crippen LogP contribution in [0.1, 0.15) is 22.3 Å². The first-order chi connectivity index (χ1) is 10.2. The van der Waals surface area contributed by atoms with Crippen molar-refractivity contribution in [1.29, 1.82) is 0 Å². The lowest BCUT2D eigenvalue weighted by molar-refractivity contribution is 0.792. The van der Waals surface area contributed by atoms with E-state index in [9.17, 15) is 0 Å². The summed E-state index contributed by atoms with van der Waals surface area (Å²) in [5.41, 5.74) is 8.14. The molecule has 0 heterocycles. The average Bonchev–Trinajstić information content (AvgIpc) is 2.48. The van der Waals surface area contributed by atoms with Gasteiger partial charge in [0.2, 0.25) is 0 Å². The Morgan fingerprint density at radius 2 is 1.67 bits per heavy atom. The van der Waals surface area contributed by atoms with Crippen LogP contribution in [-0.4, -0.2) is 20.6 Å². The normalized spacial score (nSPS) is 10.9. The van der Waals surface area contributed by atoms with Crippen LogP contribution in [0.5, 0.6) is 0 Å². The molecular formula is C19H26N2. The summed E-state index contributed by atoms with van der Waals surface area (Å²) in [6.07, 6.45) is 1.06. The van der Waals surface area contributed by atoms with Crippen LogP contribution in [0.2, 0.25) is 0 Å². The van der Waals surface area contributed by atoms with Crippen LogP contribution in [0.15, 0.2) is 36.4 Å². The Hall–Kier alpha value is -1.64. The van der Waals surface area contributed by atoms with Gasteiger partial charge in [-0.1, -0.05) is 35.9 Å². The summed E-state index contributed by atoms with van der Waals surface area (Å²) >= 11 is 0. The van der Waals surface area contributed by atoms with Crippen molar-refractivity contribution in [2.45, 2.75) is 26.8 Å². The largest absolute Gasteiger partial charge is 0.319 e. The number of aryl methyl sites for hydroxylation is 2. The molecule has 0 spiro atoms. The summed E-state index contributed by atoms with van der Waals surface area (Å²) in [4.78, 5) is 0. The molecule has 0 unspecified atom stereocenters. The molecule has 0 atom stereocenters. The number of benzene rings is 2. The van der Waals surface area contributed by atoms with Crippen molar-refractivity contribution in [2.75, 3.05) is 20.6 Å². The Kier molecular flexibility index (Phi) is 5.54. The molecule has 0 aliphatic rings. The molecule has 0 bridgehead atoms. The lowest BCUT2D eigenvalue weighted by atomic mass is 9.91. The van der Waals surface area contributed by atoms with Gasteiger partial charge in [-0.2, -0.15) is 0 Å². The summed E-state index contributed by atoms with van der Waals surface area (Å²) in [6, 6.07) is 13.6. The molecule has 0 aliphatic carbocycles. The van der Waals surface area contributed by atoms with Crippen molar-refractivity contribution >= 4 is 0 Å². The molecule has 0 fully saturated rings. The van der Waals surface area contributed by atoms with E-state index in [-0.39, 0.29) is 0 Å². The third kappa shape index (κ3) is 3.93. The first kappa shape index (κ1) is 15.7. The highest BCUT2D eigenvalue weighted by Crippen LogP contribution is 2.29. The number of likely N-dealkylation sites (N-methyl/N-ethyl adjacent to an activating group) is 1. The van der Waals surface area contributed by atoms with Crippen molar-refractivity contribution < 1.29 is 0 Å². The SMILES string of the molecule is CNCCc1ccc(C)cc1-c1cc(CNC)ccc1C. The maximum Gasteiger partial charge on any atom is 0.0202 e. The molecule has 2 nitrogen and oxygen atoms in total. The molecular weight excluding hydrogens is 256 g/mol. The summed E-state index contributed by atoms with van der Waals surface area (Å²) in [5.74, 6) is 0. The van der Waals surface area contributed by atoms with E-state index in [1.165, 1.54) is 33.4 Å². The Balaban J connectivity index is 2.48. The summed E-state index contributed by atoms with van der Waals surface area (Å²) in [5, 5.41) is 6.48. The van der Waals surface area contributed by atoms with Gasteiger partial charge < -0.3 is 10.6 Å². The Morgan fingerprint density at radius 3 is 2.38 bits per heavy atom. The van der Waals surface area contributed by atoms with E-state index in [2.05, 4.69) is 60.9 Å². The van der Waals surface area contributed by atoms with Gasteiger partial charge in [-0.25, -0.2) is 0 Å². The minimum Gasteiger partial charge on any atom is -0.319 e. The van der Waals surface area contributed by atoms with E-state index < -0.39 is 0 Å². The first-order valence-electron chi connectivity index (χ1n) is 7.64. The minimum absolute atomic E-state index is 0.908. The minimum atomic E-state index is 0.908. The fraction of sp³-hybridized carbons (Fsp3) is 0.368. The topological polar surface area (TPSA) is 24.1 Å². The molecule has 0 amide bonds. The van der Waals surface area contributed by atoms with Crippen LogP contribution in [0.3, 0.4) is 0 Å². The average molecular weight is 282 g/mol. The van der Waals surface area contributed by atoms with Gasteiger partial charge in [-0.15, -0.1) is 0 Å². The zero-order chi connectivity index (χ0) is 15.2. The molecule has 2 aromatic carbocycles. The van der Waals surface area contributed by atoms with Gasteiger partial charge in [0.15, 0.2) is 0 Å². The Labute approximate surface area is 128 Å². The number of hydrogen-bond donors (Lipinski definition) is 2. The van der Waals surface area contributed by atoms with Gasteiger partial charge in [-0.05, 0) is 74.8 Å². The summed E-state index contributed by atoms with van der Waals surface area (Å²) in [7, 11) is 4.00. The van der Waals surface area contributed by atoms with Gasteiger partial charge in [0.1, 0.15) is 0 Å². The van der Waals surface area contributed by atoms with E-state index in [0.29, 0.717) is 0 Å².